The van der Waals surface area contributed by atoms with Crippen LogP contribution >= 0.6 is 0 Å². The fraction of sp³-hybridized carbons (Fsp3) is 0.182. The maximum Gasteiger partial charge on any atom is 0.157 e. The summed E-state index contributed by atoms with van der Waals surface area (Å²) in [5.74, 6) is -0.185. The smallest absolute Gasteiger partial charge is 0.157 e. The molecule has 84 heavy (non-hydrogen) atoms. The summed E-state index contributed by atoms with van der Waals surface area (Å²) in [7, 11) is 0. The highest BCUT2D eigenvalue weighted by Crippen LogP contribution is 2.22. The molecule has 10 aromatic carbocycles. The minimum Gasteiger partial charge on any atom is -0.399 e. The van der Waals surface area contributed by atoms with Crippen LogP contribution in [0.25, 0.3) is 0 Å². The number of hydrogen-bond donors (Lipinski definition) is 6. The molecule has 0 spiro atoms. The Morgan fingerprint density at radius 1 is 0.321 bits per heavy atom. The summed E-state index contributed by atoms with van der Waals surface area (Å²) in [5, 5.41) is 22.6. The molecule has 428 valence electrons. The first kappa shape index (κ1) is 62.2. The zero-order chi connectivity index (χ0) is 59.3. The van der Waals surface area contributed by atoms with Crippen LogP contribution in [0.2, 0.25) is 0 Å². The molecule has 7 heteroatoms. The molecule has 0 fully saturated rings. The maximum absolute atomic E-state index is 9.89. The summed E-state index contributed by atoms with van der Waals surface area (Å²) >= 11 is 0. The summed E-state index contributed by atoms with van der Waals surface area (Å²) in [4.78, 5) is 9.89. The molecule has 0 aromatic heterocycles. The number of anilines is 5. The van der Waals surface area contributed by atoms with Gasteiger partial charge in [0.25, 0.3) is 0 Å². The largest absolute Gasteiger partial charge is 0.399 e. The summed E-state index contributed by atoms with van der Waals surface area (Å²) in [6.07, 6.45) is 4.03. The molecule has 7 nitrogen and oxygen atoms in total. The molecule has 10 rings (SSSR count). The van der Waals surface area contributed by atoms with Crippen molar-refractivity contribution < 1.29 is 9.90 Å². The average Bonchev–Trinajstić information content (AvgIpc) is 3.61. The lowest BCUT2D eigenvalue weighted by molar-refractivity contribution is -0.124. The van der Waals surface area contributed by atoms with Crippen LogP contribution in [0.4, 0.5) is 28.4 Å². The second-order valence-corrected chi connectivity index (χ2v) is 21.5. The molecule has 0 bridgehead atoms. The van der Waals surface area contributed by atoms with E-state index in [0.717, 1.165) is 71.9 Å². The van der Waals surface area contributed by atoms with Gasteiger partial charge in [-0.05, 0) is 190 Å². The third kappa shape index (κ3) is 22.5. The van der Waals surface area contributed by atoms with E-state index in [4.69, 9.17) is 10.8 Å². The number of nitrogens with one attached hydrogen (secondary N) is 4. The number of rotatable bonds is 20. The van der Waals surface area contributed by atoms with Gasteiger partial charge in [0.15, 0.2) is 5.78 Å². The van der Waals surface area contributed by atoms with Crippen LogP contribution in [-0.2, 0) is 36.9 Å². The lowest BCUT2D eigenvalue weighted by Crippen LogP contribution is -2.34. The van der Waals surface area contributed by atoms with E-state index in [2.05, 4.69) is 304 Å². The molecule has 0 radical (unpaired) electrons. The van der Waals surface area contributed by atoms with Gasteiger partial charge in [0.2, 0.25) is 0 Å². The van der Waals surface area contributed by atoms with Crippen molar-refractivity contribution in [1.82, 2.24) is 0 Å². The van der Waals surface area contributed by atoms with Gasteiger partial charge in [-0.25, -0.2) is 0 Å². The lowest BCUT2D eigenvalue weighted by atomic mass is 10.0. The number of carbonyl (C=O) groups is 1. The first-order valence-corrected chi connectivity index (χ1v) is 29.1. The highest BCUT2D eigenvalue weighted by Gasteiger charge is 2.13. The summed E-state index contributed by atoms with van der Waals surface area (Å²) < 4.78 is 0. The quantitative estimate of drug-likeness (QED) is 0.0422. The van der Waals surface area contributed by atoms with E-state index >= 15 is 0 Å². The predicted octanol–water partition coefficient (Wildman–Crippen LogP) is 17.6. The minimum absolute atomic E-state index is 0.185. The van der Waals surface area contributed by atoms with Crippen molar-refractivity contribution in [2.24, 2.45) is 0 Å². The van der Waals surface area contributed by atoms with Crippen molar-refractivity contribution in [3.8, 4) is 0 Å². The fourth-order valence-corrected chi connectivity index (χ4v) is 9.04. The molecule has 3 atom stereocenters. The fourth-order valence-electron chi connectivity index (χ4n) is 9.04. The molecule has 0 heterocycles. The number of ketones is 1. The van der Waals surface area contributed by atoms with Gasteiger partial charge in [-0.1, -0.05) is 212 Å². The topological polar surface area (TPSA) is 111 Å². The maximum atomic E-state index is 9.89. The average molecular weight is 1110 g/mol. The molecular weight excluding hydrogens is 1030 g/mol. The van der Waals surface area contributed by atoms with Gasteiger partial charge in [-0.3, -0.25) is 4.79 Å². The number of carbonyl (C=O) groups excluding carboxylic acids is 1. The molecule has 3 unspecified atom stereocenters. The first-order chi connectivity index (χ1) is 40.8. The van der Waals surface area contributed by atoms with Crippen LogP contribution in [-0.4, -0.2) is 29.1 Å². The van der Waals surface area contributed by atoms with Crippen LogP contribution in [0.1, 0.15) is 97.2 Å². The third-order valence-corrected chi connectivity index (χ3v) is 14.4. The van der Waals surface area contributed by atoms with Crippen molar-refractivity contribution in [2.75, 3.05) is 27.0 Å². The number of benzene rings is 10. The molecular formula is C77H83N5O2. The summed E-state index contributed by atoms with van der Waals surface area (Å²) in [5.41, 5.74) is 26.4. The Morgan fingerprint density at radius 3 is 0.726 bits per heavy atom. The molecule has 0 aliphatic heterocycles. The van der Waals surface area contributed by atoms with Gasteiger partial charge in [-0.15, -0.1) is 0 Å². The highest BCUT2D eigenvalue weighted by atomic mass is 16.3. The van der Waals surface area contributed by atoms with Gasteiger partial charge in [0.1, 0.15) is 6.10 Å². The molecule has 0 aliphatic rings. The van der Waals surface area contributed by atoms with Crippen molar-refractivity contribution in [1.29, 1.82) is 0 Å². The number of aliphatic hydroxyl groups excluding tert-OH is 1. The van der Waals surface area contributed by atoms with Crippen molar-refractivity contribution in [2.45, 2.75) is 91.8 Å². The Balaban J connectivity index is 0.000000183. The van der Waals surface area contributed by atoms with Crippen molar-refractivity contribution >= 4 is 34.2 Å². The Labute approximate surface area is 500 Å². The van der Waals surface area contributed by atoms with Gasteiger partial charge in [0, 0.05) is 51.9 Å². The Bertz CT molecular complexity index is 3280. The van der Waals surface area contributed by atoms with E-state index in [1.807, 2.05) is 18.2 Å². The van der Waals surface area contributed by atoms with Gasteiger partial charge >= 0.3 is 0 Å². The van der Waals surface area contributed by atoms with Crippen molar-refractivity contribution in [3.05, 3.63) is 340 Å². The van der Waals surface area contributed by atoms with Crippen molar-refractivity contribution in [3.63, 3.8) is 0 Å². The van der Waals surface area contributed by atoms with E-state index in [0.29, 0.717) is 12.1 Å². The second-order valence-electron chi connectivity index (χ2n) is 21.5. The number of aliphatic hydroxyl groups is 1. The molecule has 10 aromatic rings. The zero-order valence-corrected chi connectivity index (χ0v) is 49.7. The van der Waals surface area contributed by atoms with E-state index < -0.39 is 6.10 Å². The van der Waals surface area contributed by atoms with E-state index in [1.165, 1.54) is 69.5 Å². The van der Waals surface area contributed by atoms with Crippen LogP contribution in [0.3, 0.4) is 0 Å². The monoisotopic (exact) mass is 1110 g/mol. The Kier molecular flexibility index (Phi) is 24.8. The van der Waals surface area contributed by atoms with E-state index in [1.54, 1.807) is 0 Å². The van der Waals surface area contributed by atoms with Gasteiger partial charge in [0.05, 0.1) is 0 Å². The highest BCUT2D eigenvalue weighted by molar-refractivity contribution is 5.79. The minimum atomic E-state index is -0.787. The summed E-state index contributed by atoms with van der Waals surface area (Å²) in [6.45, 7) is 11.4. The number of nitrogen functional groups attached to an aromatic ring is 1. The predicted molar refractivity (Wildman–Crippen MR) is 357 cm³/mol. The van der Waals surface area contributed by atoms with Crippen LogP contribution in [0.5, 0.6) is 0 Å². The first-order valence-electron chi connectivity index (χ1n) is 29.1. The van der Waals surface area contributed by atoms with E-state index in [-0.39, 0.29) is 5.78 Å². The second kappa shape index (κ2) is 33.5. The molecule has 0 aliphatic carbocycles. The molecule has 0 saturated carbocycles. The third-order valence-electron chi connectivity index (χ3n) is 14.4. The SMILES string of the molecule is C/C(Nc1ccc(Cc2ccccc2)cc1)=C(/C)Nc1ccc(Cc2ccccc2)cc1.CC(=O)C(C)O.CC(Nc1ccc(Cc2ccccc2)cc1)C(C)Nc1ccc(Cc2ccccc2)cc1.Nc1ccc(Cc2ccccc2)cc1. The molecule has 0 saturated heterocycles. The number of hydrogen-bond acceptors (Lipinski definition) is 7. The van der Waals surface area contributed by atoms with Crippen LogP contribution < -0.4 is 27.0 Å². The van der Waals surface area contributed by atoms with Gasteiger partial charge < -0.3 is 32.1 Å². The molecule has 0 amide bonds. The van der Waals surface area contributed by atoms with E-state index in [9.17, 15) is 4.79 Å². The Morgan fingerprint density at radius 2 is 0.512 bits per heavy atom. The van der Waals surface area contributed by atoms with Crippen LogP contribution in [0, 0.1) is 0 Å². The lowest BCUT2D eigenvalue weighted by Gasteiger charge is -2.24. The number of nitrogens with two attached hydrogens (primary N) is 1. The number of allylic oxidation sites excluding steroid dienone is 2. The summed E-state index contributed by atoms with van der Waals surface area (Å²) in [6, 6.07) is 96.3. The zero-order valence-electron chi connectivity index (χ0n) is 49.7. The standard InChI is InChI=1S/C30H32N2.C30H30N2.C13H13N.C4H8O2/c2*1-23(31-29-17-13-27(14-18-29)21-25-9-5-3-6-10-25)24(2)32-30-19-15-28(16-20-30)22-26-11-7-4-8-12-26;14-13-8-6-12(7-9-13)10-11-4-2-1-3-5-11;1-3(5)4(2)6/h3-20,23-24,31-32H,21-22H2,1-2H3;3-20,31-32H,21-22H2,1-2H3;1-9H,10,14H2;3,5H,1-2H3/b;24-23+;;. The van der Waals surface area contributed by atoms with Gasteiger partial charge in [-0.2, -0.15) is 0 Å². The molecule has 7 N–H and O–H groups in total. The Hall–Kier alpha value is -9.43. The van der Waals surface area contributed by atoms with Crippen LogP contribution in [0.15, 0.2) is 284 Å². The number of Topliss-reactive ketones (excluding diaryl/α,β-unsaturated/α-hetero) is 1. The normalized spacial score (nSPS) is 11.9.